The first-order valence-electron chi connectivity index (χ1n) is 7.54. The first kappa shape index (κ1) is 14.6. The SMILES string of the molecule is CC(C)NC(=O)N1CCn2cccc2[C@H]1c1ccccc1F. The highest BCUT2D eigenvalue weighted by Crippen LogP contribution is 2.33. The summed E-state index contributed by atoms with van der Waals surface area (Å²) in [5.74, 6) is -0.288. The van der Waals surface area contributed by atoms with Crippen molar-refractivity contribution in [3.63, 3.8) is 0 Å². The molecule has 0 radical (unpaired) electrons. The minimum Gasteiger partial charge on any atom is -0.348 e. The molecule has 2 heterocycles. The molecule has 5 heteroatoms. The van der Waals surface area contributed by atoms with Crippen LogP contribution >= 0.6 is 0 Å². The van der Waals surface area contributed by atoms with Gasteiger partial charge in [0.15, 0.2) is 0 Å². The Labute approximate surface area is 129 Å². The second-order valence-corrected chi connectivity index (χ2v) is 5.85. The number of hydrogen-bond acceptors (Lipinski definition) is 1. The van der Waals surface area contributed by atoms with Crippen LogP contribution < -0.4 is 5.32 Å². The van der Waals surface area contributed by atoms with Gasteiger partial charge in [-0.05, 0) is 32.0 Å². The first-order chi connectivity index (χ1) is 10.6. The highest BCUT2D eigenvalue weighted by atomic mass is 19.1. The predicted octanol–water partition coefficient (Wildman–Crippen LogP) is 3.15. The van der Waals surface area contributed by atoms with Crippen molar-refractivity contribution in [1.82, 2.24) is 14.8 Å². The van der Waals surface area contributed by atoms with Gasteiger partial charge in [-0.25, -0.2) is 9.18 Å². The Morgan fingerprint density at radius 1 is 1.23 bits per heavy atom. The Balaban J connectivity index is 2.04. The van der Waals surface area contributed by atoms with E-state index < -0.39 is 6.04 Å². The summed E-state index contributed by atoms with van der Waals surface area (Å²) in [6.07, 6.45) is 1.97. The zero-order chi connectivity index (χ0) is 15.7. The summed E-state index contributed by atoms with van der Waals surface area (Å²) < 4.78 is 16.4. The van der Waals surface area contributed by atoms with Crippen molar-refractivity contribution in [3.8, 4) is 0 Å². The molecule has 0 unspecified atom stereocenters. The molecule has 1 atom stereocenters. The minimum atomic E-state index is -0.399. The maximum Gasteiger partial charge on any atom is 0.318 e. The first-order valence-corrected chi connectivity index (χ1v) is 7.54. The number of rotatable bonds is 2. The Hall–Kier alpha value is -2.30. The molecule has 22 heavy (non-hydrogen) atoms. The number of carbonyl (C=O) groups is 1. The van der Waals surface area contributed by atoms with Crippen LogP contribution in [-0.4, -0.2) is 28.1 Å². The van der Waals surface area contributed by atoms with Gasteiger partial charge in [0.2, 0.25) is 0 Å². The summed E-state index contributed by atoms with van der Waals surface area (Å²) >= 11 is 0. The Kier molecular flexibility index (Phi) is 3.88. The quantitative estimate of drug-likeness (QED) is 0.909. The lowest BCUT2D eigenvalue weighted by Crippen LogP contribution is -2.49. The van der Waals surface area contributed by atoms with E-state index in [1.165, 1.54) is 6.07 Å². The van der Waals surface area contributed by atoms with Crippen molar-refractivity contribution in [1.29, 1.82) is 0 Å². The molecule has 1 aromatic heterocycles. The number of nitrogens with zero attached hydrogens (tertiary/aromatic N) is 2. The maximum absolute atomic E-state index is 14.3. The molecule has 1 aliphatic rings. The second kappa shape index (κ2) is 5.83. The third-order valence-corrected chi connectivity index (χ3v) is 3.91. The van der Waals surface area contributed by atoms with Gasteiger partial charge >= 0.3 is 6.03 Å². The van der Waals surface area contributed by atoms with Crippen LogP contribution in [0.4, 0.5) is 9.18 Å². The van der Waals surface area contributed by atoms with Gasteiger partial charge in [0, 0.05) is 36.6 Å². The Morgan fingerprint density at radius 3 is 2.73 bits per heavy atom. The van der Waals surface area contributed by atoms with Crippen LogP contribution in [0, 0.1) is 5.82 Å². The number of urea groups is 1. The summed E-state index contributed by atoms with van der Waals surface area (Å²) in [5, 5.41) is 2.91. The van der Waals surface area contributed by atoms with Crippen molar-refractivity contribution in [3.05, 3.63) is 59.7 Å². The molecule has 0 aliphatic carbocycles. The average molecular weight is 301 g/mol. The number of halogens is 1. The van der Waals surface area contributed by atoms with E-state index in [0.717, 1.165) is 12.2 Å². The topological polar surface area (TPSA) is 37.3 Å². The normalized spacial score (nSPS) is 17.5. The fourth-order valence-electron chi connectivity index (χ4n) is 2.96. The molecule has 0 fully saturated rings. The molecule has 1 N–H and O–H groups in total. The van der Waals surface area contributed by atoms with Crippen molar-refractivity contribution in [2.45, 2.75) is 32.5 Å². The van der Waals surface area contributed by atoms with Gasteiger partial charge in [-0.3, -0.25) is 0 Å². The van der Waals surface area contributed by atoms with Gasteiger partial charge in [-0.2, -0.15) is 0 Å². The van der Waals surface area contributed by atoms with E-state index in [4.69, 9.17) is 0 Å². The van der Waals surface area contributed by atoms with Gasteiger partial charge in [-0.15, -0.1) is 0 Å². The molecule has 0 bridgehead atoms. The van der Waals surface area contributed by atoms with Crippen LogP contribution in [0.3, 0.4) is 0 Å². The van der Waals surface area contributed by atoms with Crippen LogP contribution in [-0.2, 0) is 6.54 Å². The monoisotopic (exact) mass is 301 g/mol. The van der Waals surface area contributed by atoms with E-state index in [2.05, 4.69) is 9.88 Å². The smallest absolute Gasteiger partial charge is 0.318 e. The third-order valence-electron chi connectivity index (χ3n) is 3.91. The van der Waals surface area contributed by atoms with Gasteiger partial charge in [-0.1, -0.05) is 18.2 Å². The number of aromatic nitrogens is 1. The Morgan fingerprint density at radius 2 is 2.00 bits per heavy atom. The van der Waals surface area contributed by atoms with E-state index in [1.54, 1.807) is 23.1 Å². The van der Waals surface area contributed by atoms with Gasteiger partial charge < -0.3 is 14.8 Å². The Bertz CT molecular complexity index is 680. The molecule has 116 valence electrons. The fraction of sp³-hybridized carbons (Fsp3) is 0.353. The largest absolute Gasteiger partial charge is 0.348 e. The molecule has 0 spiro atoms. The number of amides is 2. The highest BCUT2D eigenvalue weighted by Gasteiger charge is 2.33. The molecule has 1 aliphatic heterocycles. The zero-order valence-electron chi connectivity index (χ0n) is 12.8. The molecule has 2 amide bonds. The molecular formula is C17H20FN3O. The summed E-state index contributed by atoms with van der Waals surface area (Å²) in [6, 6.07) is 10.0. The van der Waals surface area contributed by atoms with Crippen molar-refractivity contribution in [2.24, 2.45) is 0 Å². The van der Waals surface area contributed by atoms with Gasteiger partial charge in [0.05, 0.1) is 0 Å². The molecule has 3 rings (SSSR count). The molecule has 2 aromatic rings. The van der Waals surface area contributed by atoms with Crippen molar-refractivity contribution >= 4 is 6.03 Å². The number of hydrogen-bond donors (Lipinski definition) is 1. The van der Waals surface area contributed by atoms with Gasteiger partial charge in [0.25, 0.3) is 0 Å². The second-order valence-electron chi connectivity index (χ2n) is 5.85. The average Bonchev–Trinajstić information content (AvgIpc) is 2.94. The van der Waals surface area contributed by atoms with E-state index in [1.807, 2.05) is 32.2 Å². The molecule has 1 aromatic carbocycles. The van der Waals surface area contributed by atoms with Crippen LogP contribution in [0.1, 0.15) is 31.1 Å². The van der Waals surface area contributed by atoms with Gasteiger partial charge in [0.1, 0.15) is 11.9 Å². The van der Waals surface area contributed by atoms with E-state index >= 15 is 0 Å². The van der Waals surface area contributed by atoms with E-state index in [0.29, 0.717) is 12.1 Å². The molecule has 0 saturated carbocycles. The number of carbonyl (C=O) groups excluding carboxylic acids is 1. The lowest BCUT2D eigenvalue weighted by atomic mass is 9.99. The van der Waals surface area contributed by atoms with Crippen molar-refractivity contribution < 1.29 is 9.18 Å². The minimum absolute atomic E-state index is 0.0440. The van der Waals surface area contributed by atoms with Crippen LogP contribution in [0.5, 0.6) is 0 Å². The summed E-state index contributed by atoms with van der Waals surface area (Å²) in [7, 11) is 0. The van der Waals surface area contributed by atoms with Crippen molar-refractivity contribution in [2.75, 3.05) is 6.54 Å². The summed E-state index contributed by atoms with van der Waals surface area (Å²) in [4.78, 5) is 14.2. The number of benzene rings is 1. The fourth-order valence-corrected chi connectivity index (χ4v) is 2.96. The molecule has 4 nitrogen and oxygen atoms in total. The van der Waals surface area contributed by atoms with Crippen LogP contribution in [0.15, 0.2) is 42.6 Å². The molecular weight excluding hydrogens is 281 g/mol. The van der Waals surface area contributed by atoms with E-state index in [-0.39, 0.29) is 17.9 Å². The van der Waals surface area contributed by atoms with E-state index in [9.17, 15) is 9.18 Å². The predicted molar refractivity (Wildman–Crippen MR) is 83.0 cm³/mol. The van der Waals surface area contributed by atoms with Crippen LogP contribution in [0.25, 0.3) is 0 Å². The highest BCUT2D eigenvalue weighted by molar-refractivity contribution is 5.75. The van der Waals surface area contributed by atoms with Crippen LogP contribution in [0.2, 0.25) is 0 Å². The lowest BCUT2D eigenvalue weighted by Gasteiger charge is -2.37. The lowest BCUT2D eigenvalue weighted by molar-refractivity contribution is 0.165. The summed E-state index contributed by atoms with van der Waals surface area (Å²) in [5.41, 5.74) is 1.47. The zero-order valence-corrected chi connectivity index (χ0v) is 12.8. The third kappa shape index (κ3) is 2.58. The molecule has 0 saturated heterocycles. The number of fused-ring (bicyclic) bond motifs is 1. The number of nitrogens with one attached hydrogen (secondary N) is 1. The summed E-state index contributed by atoms with van der Waals surface area (Å²) in [6.45, 7) is 5.11. The standard InChI is InChI=1S/C17H20FN3O/c1-12(2)19-17(22)21-11-10-20-9-5-8-15(20)16(21)13-6-3-4-7-14(13)18/h3-9,12,16H,10-11H2,1-2H3,(H,19,22)/t16-/m1/s1. The maximum atomic E-state index is 14.3.